The molecule has 0 atom stereocenters. The molecule has 0 spiro atoms. The van der Waals surface area contributed by atoms with Crippen molar-refractivity contribution in [2.45, 2.75) is 59.0 Å². The summed E-state index contributed by atoms with van der Waals surface area (Å²) in [5, 5.41) is 3.71. The van der Waals surface area contributed by atoms with Gasteiger partial charge in [0.05, 0.1) is 0 Å². The highest BCUT2D eigenvalue weighted by molar-refractivity contribution is 5.29. The zero-order chi connectivity index (χ0) is 12.3. The van der Waals surface area contributed by atoms with Gasteiger partial charge in [0, 0.05) is 12.6 Å². The molecule has 0 saturated heterocycles. The molecule has 1 aliphatic rings. The van der Waals surface area contributed by atoms with E-state index < -0.39 is 0 Å². The summed E-state index contributed by atoms with van der Waals surface area (Å²) in [5.41, 5.74) is 4.22. The van der Waals surface area contributed by atoms with E-state index in [1.807, 2.05) is 0 Å². The smallest absolute Gasteiger partial charge is 0.0208 e. The highest BCUT2D eigenvalue weighted by Gasteiger charge is 2.17. The second-order valence-corrected chi connectivity index (χ2v) is 5.76. The molecular weight excluding hydrogens is 206 g/mol. The fraction of sp³-hybridized carbons (Fsp3) is 0.625. The van der Waals surface area contributed by atoms with Crippen LogP contribution in [0, 0.1) is 19.8 Å². The van der Waals surface area contributed by atoms with Gasteiger partial charge in [0.25, 0.3) is 0 Å². The van der Waals surface area contributed by atoms with Gasteiger partial charge in [-0.15, -0.1) is 0 Å². The van der Waals surface area contributed by atoms with Crippen molar-refractivity contribution in [2.24, 2.45) is 5.92 Å². The van der Waals surface area contributed by atoms with Crippen molar-refractivity contribution in [2.75, 3.05) is 0 Å². The van der Waals surface area contributed by atoms with Gasteiger partial charge in [-0.25, -0.2) is 0 Å². The highest BCUT2D eigenvalue weighted by Crippen LogP contribution is 2.23. The Kier molecular flexibility index (Phi) is 4.22. The molecule has 0 amide bonds. The van der Waals surface area contributed by atoms with Crippen molar-refractivity contribution in [3.63, 3.8) is 0 Å². The fourth-order valence-corrected chi connectivity index (χ4v) is 2.64. The van der Waals surface area contributed by atoms with E-state index >= 15 is 0 Å². The summed E-state index contributed by atoms with van der Waals surface area (Å²) in [7, 11) is 0. The fourth-order valence-electron chi connectivity index (χ4n) is 2.64. The summed E-state index contributed by atoms with van der Waals surface area (Å²) < 4.78 is 0. The molecule has 0 aliphatic heterocycles. The molecule has 1 fully saturated rings. The number of aryl methyl sites for hydroxylation is 2. The number of hydrogen-bond donors (Lipinski definition) is 1. The van der Waals surface area contributed by atoms with Gasteiger partial charge in [0.15, 0.2) is 0 Å². The van der Waals surface area contributed by atoms with Gasteiger partial charge in [0.1, 0.15) is 0 Å². The van der Waals surface area contributed by atoms with Gasteiger partial charge < -0.3 is 5.32 Å². The van der Waals surface area contributed by atoms with Gasteiger partial charge >= 0.3 is 0 Å². The Morgan fingerprint density at radius 2 is 1.76 bits per heavy atom. The molecular formula is C16H25N. The molecule has 17 heavy (non-hydrogen) atoms. The SMILES string of the molecule is Cc1ccc(CNC2CCC(C)CC2)cc1C. The van der Waals surface area contributed by atoms with E-state index in [-0.39, 0.29) is 0 Å². The van der Waals surface area contributed by atoms with Crippen molar-refractivity contribution in [3.05, 3.63) is 34.9 Å². The topological polar surface area (TPSA) is 12.0 Å². The third-order valence-corrected chi connectivity index (χ3v) is 4.18. The first-order valence-corrected chi connectivity index (χ1v) is 6.94. The summed E-state index contributed by atoms with van der Waals surface area (Å²) in [5.74, 6) is 0.940. The Balaban J connectivity index is 1.83. The molecule has 0 heterocycles. The standard InChI is InChI=1S/C16H25N/c1-12-4-8-16(9-5-12)17-11-15-7-6-13(2)14(3)10-15/h6-7,10,12,16-17H,4-5,8-9,11H2,1-3H3. The lowest BCUT2D eigenvalue weighted by Gasteiger charge is -2.27. The van der Waals surface area contributed by atoms with Crippen LogP contribution in [0.1, 0.15) is 49.3 Å². The number of nitrogens with one attached hydrogen (secondary N) is 1. The minimum atomic E-state index is 0.743. The number of benzene rings is 1. The minimum absolute atomic E-state index is 0.743. The molecule has 1 heteroatoms. The third kappa shape index (κ3) is 3.57. The predicted molar refractivity (Wildman–Crippen MR) is 74.2 cm³/mol. The van der Waals surface area contributed by atoms with Crippen molar-refractivity contribution < 1.29 is 0 Å². The number of rotatable bonds is 3. The van der Waals surface area contributed by atoms with Crippen LogP contribution >= 0.6 is 0 Å². The molecule has 1 N–H and O–H groups in total. The second kappa shape index (κ2) is 5.68. The first-order chi connectivity index (χ1) is 8.15. The largest absolute Gasteiger partial charge is 0.310 e. The molecule has 1 aliphatic carbocycles. The van der Waals surface area contributed by atoms with Crippen molar-refractivity contribution >= 4 is 0 Å². The quantitative estimate of drug-likeness (QED) is 0.830. The van der Waals surface area contributed by atoms with Gasteiger partial charge in [-0.3, -0.25) is 0 Å². The van der Waals surface area contributed by atoms with Crippen LogP contribution in [0.3, 0.4) is 0 Å². The lowest BCUT2D eigenvalue weighted by atomic mass is 9.87. The van der Waals surface area contributed by atoms with Crippen LogP contribution < -0.4 is 5.32 Å². The molecule has 0 bridgehead atoms. The molecule has 0 unspecified atom stereocenters. The van der Waals surface area contributed by atoms with E-state index in [2.05, 4.69) is 44.3 Å². The first-order valence-electron chi connectivity index (χ1n) is 6.94. The van der Waals surface area contributed by atoms with E-state index in [4.69, 9.17) is 0 Å². The van der Waals surface area contributed by atoms with Crippen LogP contribution in [0.15, 0.2) is 18.2 Å². The van der Waals surface area contributed by atoms with Crippen molar-refractivity contribution in [1.29, 1.82) is 0 Å². The molecule has 0 aromatic heterocycles. The maximum Gasteiger partial charge on any atom is 0.0208 e. The summed E-state index contributed by atoms with van der Waals surface area (Å²) in [6.45, 7) is 7.77. The summed E-state index contributed by atoms with van der Waals surface area (Å²) in [6, 6.07) is 7.54. The molecule has 0 radical (unpaired) electrons. The van der Waals surface area contributed by atoms with E-state index in [0.29, 0.717) is 0 Å². The van der Waals surface area contributed by atoms with Gasteiger partial charge in [-0.05, 0) is 62.1 Å². The molecule has 1 aromatic rings. The van der Waals surface area contributed by atoms with Gasteiger partial charge in [-0.1, -0.05) is 25.1 Å². The highest BCUT2D eigenvalue weighted by atomic mass is 14.9. The van der Waals surface area contributed by atoms with E-state index in [1.165, 1.54) is 42.4 Å². The molecule has 1 aromatic carbocycles. The Hall–Kier alpha value is -0.820. The van der Waals surface area contributed by atoms with Crippen LogP contribution in [0.25, 0.3) is 0 Å². The molecule has 94 valence electrons. The summed E-state index contributed by atoms with van der Waals surface area (Å²) >= 11 is 0. The monoisotopic (exact) mass is 231 g/mol. The average Bonchev–Trinajstić information content (AvgIpc) is 2.33. The summed E-state index contributed by atoms with van der Waals surface area (Å²) in [4.78, 5) is 0. The first kappa shape index (κ1) is 12.6. The molecule has 1 saturated carbocycles. The van der Waals surface area contributed by atoms with Crippen LogP contribution in [0.2, 0.25) is 0 Å². The van der Waals surface area contributed by atoms with E-state index in [0.717, 1.165) is 18.5 Å². The average molecular weight is 231 g/mol. The zero-order valence-electron chi connectivity index (χ0n) is 11.4. The van der Waals surface area contributed by atoms with E-state index in [9.17, 15) is 0 Å². The lowest BCUT2D eigenvalue weighted by Crippen LogP contribution is -2.32. The Morgan fingerprint density at radius 1 is 1.06 bits per heavy atom. The Morgan fingerprint density at radius 3 is 2.41 bits per heavy atom. The van der Waals surface area contributed by atoms with Crippen molar-refractivity contribution in [3.8, 4) is 0 Å². The van der Waals surface area contributed by atoms with Crippen LogP contribution in [0.5, 0.6) is 0 Å². The number of hydrogen-bond acceptors (Lipinski definition) is 1. The van der Waals surface area contributed by atoms with Crippen LogP contribution in [-0.4, -0.2) is 6.04 Å². The third-order valence-electron chi connectivity index (χ3n) is 4.18. The normalized spacial score (nSPS) is 24.9. The Labute approximate surface area is 106 Å². The lowest BCUT2D eigenvalue weighted by molar-refractivity contribution is 0.306. The van der Waals surface area contributed by atoms with Crippen LogP contribution in [-0.2, 0) is 6.54 Å². The predicted octanol–water partition coefficient (Wildman–Crippen LogP) is 3.97. The van der Waals surface area contributed by atoms with Gasteiger partial charge in [0.2, 0.25) is 0 Å². The molecule has 1 nitrogen and oxygen atoms in total. The second-order valence-electron chi connectivity index (χ2n) is 5.76. The maximum absolute atomic E-state index is 3.71. The molecule has 2 rings (SSSR count). The van der Waals surface area contributed by atoms with Crippen LogP contribution in [0.4, 0.5) is 0 Å². The Bertz CT molecular complexity index is 362. The minimum Gasteiger partial charge on any atom is -0.310 e. The van der Waals surface area contributed by atoms with Crippen molar-refractivity contribution in [1.82, 2.24) is 5.32 Å². The summed E-state index contributed by atoms with van der Waals surface area (Å²) in [6.07, 6.45) is 5.49. The zero-order valence-corrected chi connectivity index (χ0v) is 11.4. The van der Waals surface area contributed by atoms with Gasteiger partial charge in [-0.2, -0.15) is 0 Å². The van der Waals surface area contributed by atoms with E-state index in [1.54, 1.807) is 0 Å². The maximum atomic E-state index is 3.71.